The maximum absolute atomic E-state index is 12.8. The lowest BCUT2D eigenvalue weighted by Crippen LogP contribution is -2.15. The van der Waals surface area contributed by atoms with Gasteiger partial charge in [-0.1, -0.05) is 12.1 Å². The third-order valence-corrected chi connectivity index (χ3v) is 5.63. The van der Waals surface area contributed by atoms with E-state index in [-0.39, 0.29) is 23.8 Å². The minimum Gasteiger partial charge on any atom is -0.454 e. The lowest BCUT2D eigenvalue weighted by Gasteiger charge is -2.11. The summed E-state index contributed by atoms with van der Waals surface area (Å²) in [5.41, 5.74) is 3.35. The van der Waals surface area contributed by atoms with Gasteiger partial charge >= 0.3 is 5.97 Å². The molecule has 0 amide bonds. The van der Waals surface area contributed by atoms with Crippen LogP contribution in [-0.4, -0.2) is 34.6 Å². The number of esters is 1. The summed E-state index contributed by atoms with van der Waals surface area (Å²) in [7, 11) is 0. The molecule has 1 aliphatic rings. The van der Waals surface area contributed by atoms with Gasteiger partial charge in [0.25, 0.3) is 5.69 Å². The predicted octanol–water partition coefficient (Wildman–Crippen LogP) is 4.14. The molecule has 4 rings (SSSR count). The molecule has 9 heteroatoms. The maximum atomic E-state index is 12.8. The summed E-state index contributed by atoms with van der Waals surface area (Å²) in [5, 5.41) is 11.1. The van der Waals surface area contributed by atoms with Crippen molar-refractivity contribution < 1.29 is 28.7 Å². The van der Waals surface area contributed by atoms with Crippen LogP contribution in [0.2, 0.25) is 0 Å². The van der Waals surface area contributed by atoms with Crippen molar-refractivity contribution in [1.29, 1.82) is 0 Å². The van der Waals surface area contributed by atoms with Crippen LogP contribution < -0.4 is 9.47 Å². The highest BCUT2D eigenvalue weighted by Gasteiger charge is 2.21. The van der Waals surface area contributed by atoms with E-state index >= 15 is 0 Å². The molecule has 0 spiro atoms. The average Bonchev–Trinajstić information content (AvgIpc) is 3.36. The molecule has 170 valence electrons. The van der Waals surface area contributed by atoms with E-state index in [4.69, 9.17) is 14.2 Å². The molecule has 0 aliphatic carbocycles. The second-order valence-corrected chi connectivity index (χ2v) is 7.82. The zero-order valence-corrected chi connectivity index (χ0v) is 18.4. The molecule has 3 aromatic rings. The monoisotopic (exact) mass is 450 g/mol. The van der Waals surface area contributed by atoms with Crippen LogP contribution in [0.5, 0.6) is 11.5 Å². The molecule has 0 unspecified atom stereocenters. The Labute approximate surface area is 189 Å². The fourth-order valence-corrected chi connectivity index (χ4v) is 3.77. The van der Waals surface area contributed by atoms with E-state index in [1.54, 1.807) is 13.0 Å². The molecule has 2 aromatic carbocycles. The van der Waals surface area contributed by atoms with Gasteiger partial charge in [-0.3, -0.25) is 14.9 Å². The highest BCUT2D eigenvalue weighted by atomic mass is 16.7. The minimum atomic E-state index is -0.791. The van der Waals surface area contributed by atoms with Gasteiger partial charge in [-0.05, 0) is 50.6 Å². The molecule has 0 saturated heterocycles. The van der Waals surface area contributed by atoms with Gasteiger partial charge < -0.3 is 18.8 Å². The number of hydrogen-bond donors (Lipinski definition) is 0. The quantitative estimate of drug-likeness (QED) is 0.230. The summed E-state index contributed by atoms with van der Waals surface area (Å²) in [6, 6.07) is 11.5. The summed E-state index contributed by atoms with van der Waals surface area (Å²) in [4.78, 5) is 35.6. The summed E-state index contributed by atoms with van der Waals surface area (Å²) in [6.07, 6.45) is 0. The van der Waals surface area contributed by atoms with Gasteiger partial charge in [-0.25, -0.2) is 4.79 Å². The van der Waals surface area contributed by atoms with E-state index in [1.807, 2.05) is 36.6 Å². The molecule has 0 fully saturated rings. The number of aromatic nitrogens is 1. The van der Waals surface area contributed by atoms with E-state index in [1.165, 1.54) is 12.1 Å². The van der Waals surface area contributed by atoms with Crippen LogP contribution in [0.15, 0.2) is 42.5 Å². The Balaban J connectivity index is 1.45. The Morgan fingerprint density at radius 1 is 1.06 bits per heavy atom. The number of ketones is 1. The number of benzene rings is 2. The van der Waals surface area contributed by atoms with Crippen LogP contribution in [0.3, 0.4) is 0 Å². The normalized spacial score (nSPS) is 12.0. The molecular weight excluding hydrogens is 428 g/mol. The van der Waals surface area contributed by atoms with Crippen LogP contribution in [0.25, 0.3) is 0 Å². The molecule has 0 bridgehead atoms. The average molecular weight is 450 g/mol. The molecule has 1 aliphatic heterocycles. The largest absolute Gasteiger partial charge is 0.454 e. The molecule has 1 aromatic heterocycles. The zero-order chi connectivity index (χ0) is 23.7. The van der Waals surface area contributed by atoms with Crippen molar-refractivity contribution in [2.45, 2.75) is 27.3 Å². The van der Waals surface area contributed by atoms with Crippen molar-refractivity contribution in [3.63, 3.8) is 0 Å². The Morgan fingerprint density at radius 2 is 1.82 bits per heavy atom. The fraction of sp³-hybridized carbons (Fsp3) is 0.250. The number of nitro groups is 1. The predicted molar refractivity (Wildman–Crippen MR) is 118 cm³/mol. The van der Waals surface area contributed by atoms with Crippen molar-refractivity contribution in [2.24, 2.45) is 0 Å². The van der Waals surface area contributed by atoms with Gasteiger partial charge in [-0.2, -0.15) is 0 Å². The van der Waals surface area contributed by atoms with Gasteiger partial charge in [0.15, 0.2) is 18.1 Å². The van der Waals surface area contributed by atoms with Crippen molar-refractivity contribution in [2.75, 3.05) is 13.4 Å². The lowest BCUT2D eigenvalue weighted by molar-refractivity contribution is -0.385. The summed E-state index contributed by atoms with van der Waals surface area (Å²) < 4.78 is 17.9. The first-order chi connectivity index (χ1) is 15.7. The van der Waals surface area contributed by atoms with Gasteiger partial charge in [-0.15, -0.1) is 0 Å². The molecular formula is C24H22N2O7. The number of fused-ring (bicyclic) bond motifs is 1. The van der Waals surface area contributed by atoms with Crippen molar-refractivity contribution in [3.8, 4) is 11.5 Å². The van der Waals surface area contributed by atoms with E-state index in [9.17, 15) is 19.7 Å². The Hall–Kier alpha value is -4.14. The van der Waals surface area contributed by atoms with Gasteiger partial charge in [0.05, 0.1) is 10.5 Å². The third kappa shape index (κ3) is 4.43. The number of aryl methyl sites for hydroxylation is 2. The summed E-state index contributed by atoms with van der Waals surface area (Å²) >= 11 is 0. The van der Waals surface area contributed by atoms with Crippen molar-refractivity contribution in [1.82, 2.24) is 4.57 Å². The SMILES string of the molecule is Cc1ccc(C(=O)OCC(=O)c2cc(C)n(Cc3ccc4c(c3)OCO4)c2C)cc1[N+](=O)[O-]. The molecule has 33 heavy (non-hydrogen) atoms. The Morgan fingerprint density at radius 3 is 2.58 bits per heavy atom. The van der Waals surface area contributed by atoms with Crippen LogP contribution in [0.4, 0.5) is 5.69 Å². The summed E-state index contributed by atoms with van der Waals surface area (Å²) in [6.45, 7) is 5.58. The number of ether oxygens (including phenoxy) is 3. The molecule has 2 heterocycles. The molecule has 0 radical (unpaired) electrons. The second-order valence-electron chi connectivity index (χ2n) is 7.82. The van der Waals surface area contributed by atoms with E-state index in [2.05, 4.69) is 0 Å². The lowest BCUT2D eigenvalue weighted by atomic mass is 10.1. The first-order valence-electron chi connectivity index (χ1n) is 10.2. The smallest absolute Gasteiger partial charge is 0.338 e. The van der Waals surface area contributed by atoms with Crippen LogP contribution in [0, 0.1) is 30.9 Å². The number of carbonyl (C=O) groups is 2. The van der Waals surface area contributed by atoms with Gasteiger partial charge in [0.1, 0.15) is 0 Å². The Bertz CT molecular complexity index is 1280. The van der Waals surface area contributed by atoms with Crippen LogP contribution in [-0.2, 0) is 11.3 Å². The van der Waals surface area contributed by atoms with Crippen LogP contribution in [0.1, 0.15) is 43.2 Å². The summed E-state index contributed by atoms with van der Waals surface area (Å²) in [5.74, 6) is 0.251. The fourth-order valence-electron chi connectivity index (χ4n) is 3.77. The van der Waals surface area contributed by atoms with E-state index in [0.29, 0.717) is 29.2 Å². The van der Waals surface area contributed by atoms with Gasteiger partial charge in [0, 0.05) is 35.1 Å². The van der Waals surface area contributed by atoms with Crippen molar-refractivity contribution >= 4 is 17.4 Å². The standard InChI is InChI=1S/C24H22N2O7/c1-14-4-6-18(10-20(14)26(29)30)24(28)31-12-21(27)19-8-15(2)25(16(19)3)11-17-5-7-22-23(9-17)33-13-32-22/h4-10H,11-13H2,1-3H3. The molecule has 9 nitrogen and oxygen atoms in total. The number of nitrogens with zero attached hydrogens (tertiary/aromatic N) is 2. The first kappa shape index (κ1) is 22.1. The van der Waals surface area contributed by atoms with E-state index in [0.717, 1.165) is 23.0 Å². The third-order valence-electron chi connectivity index (χ3n) is 5.63. The number of Topliss-reactive ketones (excluding diaryl/α,β-unsaturated/α-hetero) is 1. The number of carbonyl (C=O) groups excluding carboxylic acids is 2. The van der Waals surface area contributed by atoms with Gasteiger partial charge in [0.2, 0.25) is 12.6 Å². The highest BCUT2D eigenvalue weighted by Crippen LogP contribution is 2.33. The first-order valence-corrected chi connectivity index (χ1v) is 10.2. The number of hydrogen-bond acceptors (Lipinski definition) is 7. The molecule has 0 saturated carbocycles. The van der Waals surface area contributed by atoms with E-state index < -0.39 is 17.5 Å². The highest BCUT2D eigenvalue weighted by molar-refractivity contribution is 6.00. The number of rotatable bonds is 7. The topological polar surface area (TPSA) is 110 Å². The Kier molecular flexibility index (Phi) is 5.87. The number of nitro benzene ring substituents is 1. The molecule has 0 atom stereocenters. The molecule has 0 N–H and O–H groups in total. The zero-order valence-electron chi connectivity index (χ0n) is 18.4. The minimum absolute atomic E-state index is 0.0216. The van der Waals surface area contributed by atoms with Crippen LogP contribution >= 0.6 is 0 Å². The van der Waals surface area contributed by atoms with Crippen molar-refractivity contribution in [3.05, 3.63) is 86.2 Å². The maximum Gasteiger partial charge on any atom is 0.338 e. The second kappa shape index (κ2) is 8.78.